The molecule has 1 saturated heterocycles. The maximum absolute atomic E-state index is 12.2. The number of amides is 1. The molecule has 0 saturated carbocycles. The predicted octanol–water partition coefficient (Wildman–Crippen LogP) is 2.50. The van der Waals surface area contributed by atoms with Gasteiger partial charge >= 0.3 is 0 Å². The van der Waals surface area contributed by atoms with Gasteiger partial charge in [-0.2, -0.15) is 17.0 Å². The number of ether oxygens (including phenoxy) is 1. The number of thioether (sulfide) groups is 1. The number of nitriles is 1. The number of thiophene rings is 1. The van der Waals surface area contributed by atoms with Gasteiger partial charge in [0.1, 0.15) is 11.1 Å². The van der Waals surface area contributed by atoms with Crippen LogP contribution in [0.3, 0.4) is 0 Å². The van der Waals surface area contributed by atoms with E-state index in [1.807, 2.05) is 0 Å². The number of hydrogen-bond acceptors (Lipinski definition) is 6. The largest absolute Gasteiger partial charge is 0.379 e. The molecule has 24 heavy (non-hydrogen) atoms. The van der Waals surface area contributed by atoms with E-state index in [1.165, 1.54) is 16.9 Å². The Morgan fingerprint density at radius 2 is 2.12 bits per heavy atom. The first-order chi connectivity index (χ1) is 11.8. The number of morpholine rings is 1. The van der Waals surface area contributed by atoms with Crippen molar-refractivity contribution in [3.63, 3.8) is 0 Å². The maximum Gasteiger partial charge on any atom is 0.235 e. The molecule has 3 rings (SSSR count). The van der Waals surface area contributed by atoms with Gasteiger partial charge in [-0.25, -0.2) is 0 Å². The fourth-order valence-electron chi connectivity index (χ4n) is 3.12. The summed E-state index contributed by atoms with van der Waals surface area (Å²) in [6.07, 6.45) is 4.34. The van der Waals surface area contributed by atoms with E-state index in [4.69, 9.17) is 4.74 Å². The second-order valence-corrected chi connectivity index (χ2v) is 8.29. The smallest absolute Gasteiger partial charge is 0.235 e. The highest BCUT2D eigenvalue weighted by Crippen LogP contribution is 2.37. The Morgan fingerprint density at radius 1 is 1.33 bits per heavy atom. The van der Waals surface area contributed by atoms with Gasteiger partial charge in [-0.15, -0.1) is 11.3 Å². The third-order valence-corrected chi connectivity index (χ3v) is 6.57. The molecule has 0 atom stereocenters. The molecule has 1 N–H and O–H groups in total. The number of carbonyl (C=O) groups excluding carboxylic acids is 1. The number of nitrogens with one attached hydrogen (secondary N) is 1. The van der Waals surface area contributed by atoms with Gasteiger partial charge in [-0.05, 0) is 31.2 Å². The Kier molecular flexibility index (Phi) is 6.55. The molecule has 1 aromatic heterocycles. The van der Waals surface area contributed by atoms with Crippen LogP contribution < -0.4 is 5.32 Å². The fourth-order valence-corrected chi connectivity index (χ4v) is 5.16. The summed E-state index contributed by atoms with van der Waals surface area (Å²) >= 11 is 3.24. The minimum atomic E-state index is -0.00271. The predicted molar refractivity (Wildman–Crippen MR) is 98.9 cm³/mol. The highest BCUT2D eigenvalue weighted by atomic mass is 32.2. The van der Waals surface area contributed by atoms with Crippen LogP contribution in [0.5, 0.6) is 0 Å². The number of fused-ring (bicyclic) bond motifs is 1. The number of anilines is 1. The average Bonchev–Trinajstić information content (AvgIpc) is 2.96. The number of rotatable bonds is 6. The van der Waals surface area contributed by atoms with E-state index in [9.17, 15) is 10.1 Å². The minimum Gasteiger partial charge on any atom is -0.379 e. The third kappa shape index (κ3) is 4.51. The monoisotopic (exact) mass is 365 g/mol. The van der Waals surface area contributed by atoms with E-state index < -0.39 is 0 Å². The van der Waals surface area contributed by atoms with Gasteiger partial charge in [-0.3, -0.25) is 9.69 Å². The number of aryl methyl sites for hydroxylation is 1. The summed E-state index contributed by atoms with van der Waals surface area (Å²) in [5.41, 5.74) is 1.87. The Morgan fingerprint density at radius 3 is 2.92 bits per heavy atom. The minimum absolute atomic E-state index is 0.00271. The summed E-state index contributed by atoms with van der Waals surface area (Å²) < 4.78 is 5.33. The lowest BCUT2D eigenvalue weighted by molar-refractivity contribution is -0.113. The molecule has 1 amide bonds. The van der Waals surface area contributed by atoms with Crippen molar-refractivity contribution in [2.24, 2.45) is 0 Å². The van der Waals surface area contributed by atoms with E-state index in [1.54, 1.807) is 23.1 Å². The van der Waals surface area contributed by atoms with Crippen LogP contribution in [0.4, 0.5) is 5.00 Å². The Bertz CT molecular complexity index is 618. The lowest BCUT2D eigenvalue weighted by atomic mass is 9.96. The van der Waals surface area contributed by atoms with Crippen LogP contribution in [0.2, 0.25) is 0 Å². The first-order valence-corrected chi connectivity index (χ1v) is 10.5. The van der Waals surface area contributed by atoms with Crippen molar-refractivity contribution in [2.75, 3.05) is 49.7 Å². The summed E-state index contributed by atoms with van der Waals surface area (Å²) in [6, 6.07) is 2.29. The standard InChI is InChI=1S/C17H23N3O2S2/c18-11-14-13-3-1-2-4-15(13)24-17(14)19-16(21)12-23-10-7-20-5-8-22-9-6-20/h1-10,12H2,(H,19,21). The molecule has 0 unspecified atom stereocenters. The van der Waals surface area contributed by atoms with Crippen LogP contribution in [-0.4, -0.2) is 55.2 Å². The summed E-state index contributed by atoms with van der Waals surface area (Å²) in [5, 5.41) is 13.1. The first-order valence-electron chi connectivity index (χ1n) is 8.50. The van der Waals surface area contributed by atoms with Crippen molar-refractivity contribution in [1.82, 2.24) is 4.90 Å². The van der Waals surface area contributed by atoms with Crippen molar-refractivity contribution >= 4 is 34.0 Å². The van der Waals surface area contributed by atoms with Crippen molar-refractivity contribution in [3.8, 4) is 6.07 Å². The van der Waals surface area contributed by atoms with E-state index in [0.29, 0.717) is 11.3 Å². The molecule has 7 heteroatoms. The molecule has 1 aliphatic heterocycles. The summed E-state index contributed by atoms with van der Waals surface area (Å²) in [4.78, 5) is 15.8. The molecule has 130 valence electrons. The highest BCUT2D eigenvalue weighted by Gasteiger charge is 2.21. The molecule has 1 aromatic rings. The van der Waals surface area contributed by atoms with Crippen molar-refractivity contribution < 1.29 is 9.53 Å². The van der Waals surface area contributed by atoms with Crippen LogP contribution in [0, 0.1) is 11.3 Å². The van der Waals surface area contributed by atoms with Crippen molar-refractivity contribution in [2.45, 2.75) is 25.7 Å². The van der Waals surface area contributed by atoms with Crippen LogP contribution in [0.25, 0.3) is 0 Å². The van der Waals surface area contributed by atoms with Gasteiger partial charge in [0, 0.05) is 30.3 Å². The molecular weight excluding hydrogens is 342 g/mol. The zero-order chi connectivity index (χ0) is 16.8. The van der Waals surface area contributed by atoms with Crippen LogP contribution in [-0.2, 0) is 22.4 Å². The van der Waals surface area contributed by atoms with Crippen molar-refractivity contribution in [3.05, 3.63) is 16.0 Å². The molecule has 1 aliphatic carbocycles. The lowest BCUT2D eigenvalue weighted by Gasteiger charge is -2.26. The molecule has 0 aromatic carbocycles. The number of nitrogens with zero attached hydrogens (tertiary/aromatic N) is 2. The van der Waals surface area contributed by atoms with E-state index in [-0.39, 0.29) is 5.91 Å². The SMILES string of the molecule is N#Cc1c(NC(=O)CSCCN2CCOCC2)sc2c1CCCC2. The molecule has 0 bridgehead atoms. The van der Waals surface area contributed by atoms with E-state index in [0.717, 1.165) is 62.9 Å². The zero-order valence-corrected chi connectivity index (χ0v) is 15.4. The maximum atomic E-state index is 12.2. The molecule has 1 fully saturated rings. The third-order valence-electron chi connectivity index (χ3n) is 4.42. The van der Waals surface area contributed by atoms with Gasteiger partial charge in [0.25, 0.3) is 0 Å². The van der Waals surface area contributed by atoms with Gasteiger partial charge in [0.2, 0.25) is 5.91 Å². The number of hydrogen-bond donors (Lipinski definition) is 1. The van der Waals surface area contributed by atoms with Crippen LogP contribution in [0.15, 0.2) is 0 Å². The first kappa shape index (κ1) is 17.7. The second kappa shape index (κ2) is 8.86. The Labute approximate surface area is 151 Å². The number of carbonyl (C=O) groups is 1. The molecular formula is C17H23N3O2S2. The lowest BCUT2D eigenvalue weighted by Crippen LogP contribution is -2.37. The Balaban J connectivity index is 1.45. The molecule has 2 aliphatic rings. The summed E-state index contributed by atoms with van der Waals surface area (Å²) in [5.74, 6) is 1.38. The normalized spacial score (nSPS) is 18.0. The van der Waals surface area contributed by atoms with Gasteiger partial charge in [0.15, 0.2) is 0 Å². The topological polar surface area (TPSA) is 65.4 Å². The highest BCUT2D eigenvalue weighted by molar-refractivity contribution is 7.99. The Hall–Kier alpha value is -1.07. The average molecular weight is 366 g/mol. The summed E-state index contributed by atoms with van der Waals surface area (Å²) in [7, 11) is 0. The van der Waals surface area contributed by atoms with Crippen LogP contribution >= 0.6 is 23.1 Å². The molecule has 2 heterocycles. The van der Waals surface area contributed by atoms with E-state index >= 15 is 0 Å². The van der Waals surface area contributed by atoms with Gasteiger partial charge < -0.3 is 10.1 Å². The van der Waals surface area contributed by atoms with Gasteiger partial charge in [0.05, 0.1) is 24.5 Å². The molecule has 5 nitrogen and oxygen atoms in total. The summed E-state index contributed by atoms with van der Waals surface area (Å²) in [6.45, 7) is 4.59. The second-order valence-electron chi connectivity index (χ2n) is 6.08. The van der Waals surface area contributed by atoms with Gasteiger partial charge in [-0.1, -0.05) is 0 Å². The van der Waals surface area contributed by atoms with E-state index in [2.05, 4.69) is 16.3 Å². The molecule has 0 spiro atoms. The zero-order valence-electron chi connectivity index (χ0n) is 13.8. The quantitative estimate of drug-likeness (QED) is 0.785. The van der Waals surface area contributed by atoms with Crippen molar-refractivity contribution in [1.29, 1.82) is 5.26 Å². The fraction of sp³-hybridized carbons (Fsp3) is 0.647. The molecule has 0 radical (unpaired) electrons. The van der Waals surface area contributed by atoms with Crippen LogP contribution in [0.1, 0.15) is 28.8 Å².